The lowest BCUT2D eigenvalue weighted by Gasteiger charge is -2.31. The van der Waals surface area contributed by atoms with Crippen LogP contribution >= 0.6 is 0 Å². The van der Waals surface area contributed by atoms with E-state index < -0.39 is 0 Å². The van der Waals surface area contributed by atoms with Crippen LogP contribution in [0.1, 0.15) is 30.0 Å². The topological polar surface area (TPSA) is 57.4 Å². The highest BCUT2D eigenvalue weighted by Crippen LogP contribution is 2.35. The molecule has 1 aliphatic rings. The second kappa shape index (κ2) is 8.07. The molecule has 1 aromatic heterocycles. The first-order valence-electron chi connectivity index (χ1n) is 9.87. The van der Waals surface area contributed by atoms with Gasteiger partial charge in [0.2, 0.25) is 5.91 Å². The molecule has 0 bridgehead atoms. The van der Waals surface area contributed by atoms with E-state index in [-0.39, 0.29) is 5.91 Å². The first-order valence-corrected chi connectivity index (χ1v) is 9.87. The molecule has 1 saturated heterocycles. The van der Waals surface area contributed by atoms with E-state index in [4.69, 9.17) is 4.74 Å². The molecular weight excluding hydrogens is 350 g/mol. The molecule has 5 nitrogen and oxygen atoms in total. The molecule has 1 aliphatic heterocycles. The summed E-state index contributed by atoms with van der Waals surface area (Å²) in [6.07, 6.45) is 2.16. The number of hydrogen-bond donors (Lipinski definition) is 2. The van der Waals surface area contributed by atoms with Gasteiger partial charge >= 0.3 is 0 Å². The molecule has 2 heterocycles. The van der Waals surface area contributed by atoms with Gasteiger partial charge in [-0.15, -0.1) is 0 Å². The van der Waals surface area contributed by atoms with Crippen molar-refractivity contribution < 1.29 is 9.53 Å². The van der Waals surface area contributed by atoms with Gasteiger partial charge < -0.3 is 15.0 Å². The van der Waals surface area contributed by atoms with Crippen molar-refractivity contribution in [2.45, 2.75) is 25.7 Å². The van der Waals surface area contributed by atoms with Crippen LogP contribution in [0.15, 0.2) is 48.5 Å². The van der Waals surface area contributed by atoms with Crippen molar-refractivity contribution in [2.24, 2.45) is 0 Å². The molecule has 0 spiro atoms. The number of hydrogen-bond acceptors (Lipinski definition) is 3. The monoisotopic (exact) mass is 377 g/mol. The zero-order valence-corrected chi connectivity index (χ0v) is 16.5. The number of H-pyrrole nitrogens is 1. The first-order chi connectivity index (χ1) is 13.6. The second-order valence-electron chi connectivity index (χ2n) is 7.54. The third-order valence-corrected chi connectivity index (χ3v) is 5.68. The van der Waals surface area contributed by atoms with E-state index in [9.17, 15) is 4.79 Å². The lowest BCUT2D eigenvalue weighted by molar-refractivity contribution is -0.117. The number of rotatable bonds is 5. The summed E-state index contributed by atoms with van der Waals surface area (Å²) in [5, 5.41) is 4.31. The molecule has 5 heteroatoms. The molecule has 146 valence electrons. The maximum atomic E-state index is 12.4. The molecule has 0 aliphatic carbocycles. The Labute approximate surface area is 165 Å². The number of piperidine rings is 1. The summed E-state index contributed by atoms with van der Waals surface area (Å²) in [4.78, 5) is 18.2. The summed E-state index contributed by atoms with van der Waals surface area (Å²) < 4.78 is 5.15. The lowest BCUT2D eigenvalue weighted by atomic mass is 9.87. The normalized spacial score (nSPS) is 15.6. The van der Waals surface area contributed by atoms with Crippen LogP contribution in [0.25, 0.3) is 10.9 Å². The third-order valence-electron chi connectivity index (χ3n) is 5.68. The van der Waals surface area contributed by atoms with Crippen molar-refractivity contribution >= 4 is 22.5 Å². The van der Waals surface area contributed by atoms with E-state index in [1.165, 1.54) is 22.2 Å². The number of aromatic nitrogens is 1. The summed E-state index contributed by atoms with van der Waals surface area (Å²) in [7, 11) is 1.63. The quantitative estimate of drug-likeness (QED) is 0.697. The molecule has 0 unspecified atom stereocenters. The Morgan fingerprint density at radius 3 is 2.57 bits per heavy atom. The minimum absolute atomic E-state index is 0.0342. The summed E-state index contributed by atoms with van der Waals surface area (Å²) in [6.45, 7) is 4.49. The van der Waals surface area contributed by atoms with Crippen molar-refractivity contribution in [2.75, 3.05) is 32.1 Å². The van der Waals surface area contributed by atoms with Gasteiger partial charge in [-0.25, -0.2) is 0 Å². The third kappa shape index (κ3) is 3.90. The molecule has 0 radical (unpaired) electrons. The van der Waals surface area contributed by atoms with E-state index in [1.54, 1.807) is 7.11 Å². The minimum Gasteiger partial charge on any atom is -0.497 e. The fourth-order valence-electron chi connectivity index (χ4n) is 4.28. The van der Waals surface area contributed by atoms with Crippen molar-refractivity contribution in [3.05, 3.63) is 59.8 Å². The number of methoxy groups -OCH3 is 1. The Morgan fingerprint density at radius 1 is 1.14 bits per heavy atom. The highest BCUT2D eigenvalue weighted by atomic mass is 16.5. The number of para-hydroxylation sites is 1. The van der Waals surface area contributed by atoms with Crippen LogP contribution in [-0.4, -0.2) is 42.5 Å². The van der Waals surface area contributed by atoms with E-state index in [2.05, 4.69) is 46.4 Å². The Hall–Kier alpha value is -2.79. The number of nitrogens with zero attached hydrogens (tertiary/aromatic N) is 1. The zero-order chi connectivity index (χ0) is 19.5. The van der Waals surface area contributed by atoms with Crippen LogP contribution in [0.2, 0.25) is 0 Å². The van der Waals surface area contributed by atoms with Gasteiger partial charge in [-0.05, 0) is 74.7 Å². The number of anilines is 1. The number of carbonyl (C=O) groups is 1. The lowest BCUT2D eigenvalue weighted by Crippen LogP contribution is -2.38. The number of fused-ring (bicyclic) bond motifs is 1. The molecule has 0 saturated carbocycles. The summed E-state index contributed by atoms with van der Waals surface area (Å²) in [5.41, 5.74) is 4.75. The average molecular weight is 377 g/mol. The van der Waals surface area contributed by atoms with E-state index in [1.807, 2.05) is 24.3 Å². The highest BCUT2D eigenvalue weighted by Gasteiger charge is 2.25. The van der Waals surface area contributed by atoms with E-state index in [0.29, 0.717) is 12.5 Å². The fraction of sp³-hybridized carbons (Fsp3) is 0.348. The molecule has 28 heavy (non-hydrogen) atoms. The van der Waals surface area contributed by atoms with Crippen LogP contribution in [0.5, 0.6) is 5.75 Å². The van der Waals surface area contributed by atoms with Crippen LogP contribution in [0.4, 0.5) is 5.69 Å². The minimum atomic E-state index is 0.0342. The largest absolute Gasteiger partial charge is 0.497 e. The van der Waals surface area contributed by atoms with Crippen LogP contribution < -0.4 is 10.1 Å². The van der Waals surface area contributed by atoms with E-state index in [0.717, 1.165) is 37.4 Å². The maximum Gasteiger partial charge on any atom is 0.238 e. The maximum absolute atomic E-state index is 12.4. The van der Waals surface area contributed by atoms with Crippen molar-refractivity contribution in [3.8, 4) is 5.75 Å². The van der Waals surface area contributed by atoms with Gasteiger partial charge in [0, 0.05) is 22.3 Å². The van der Waals surface area contributed by atoms with Crippen LogP contribution in [-0.2, 0) is 4.79 Å². The van der Waals surface area contributed by atoms with Gasteiger partial charge in [0.05, 0.1) is 13.7 Å². The molecule has 1 fully saturated rings. The van der Waals surface area contributed by atoms with Gasteiger partial charge in [-0.3, -0.25) is 9.69 Å². The number of likely N-dealkylation sites (tertiary alicyclic amines) is 1. The number of benzene rings is 2. The van der Waals surface area contributed by atoms with Gasteiger partial charge in [-0.2, -0.15) is 0 Å². The molecule has 2 N–H and O–H groups in total. The number of carbonyl (C=O) groups excluding carboxylic acids is 1. The summed E-state index contributed by atoms with van der Waals surface area (Å²) in [6, 6.07) is 16.0. The predicted molar refractivity (Wildman–Crippen MR) is 113 cm³/mol. The molecule has 1 amide bonds. The van der Waals surface area contributed by atoms with E-state index >= 15 is 0 Å². The molecule has 4 rings (SSSR count). The van der Waals surface area contributed by atoms with Crippen molar-refractivity contribution in [1.29, 1.82) is 0 Å². The number of aromatic amines is 1. The Kier molecular flexibility index (Phi) is 5.35. The van der Waals surface area contributed by atoms with Crippen molar-refractivity contribution in [3.63, 3.8) is 0 Å². The fourth-order valence-corrected chi connectivity index (χ4v) is 4.28. The zero-order valence-electron chi connectivity index (χ0n) is 16.5. The Balaban J connectivity index is 1.33. The number of nitrogens with one attached hydrogen (secondary N) is 2. The smallest absolute Gasteiger partial charge is 0.238 e. The number of ether oxygens (including phenoxy) is 1. The molecule has 2 aromatic carbocycles. The first kappa shape index (κ1) is 18.6. The molecule has 3 aromatic rings. The SMILES string of the molecule is COc1ccc(NC(=O)CN2CCC(c3c(C)[nH]c4ccccc34)CC2)cc1. The predicted octanol–water partition coefficient (Wildman–Crippen LogP) is 4.30. The number of aryl methyl sites for hydroxylation is 1. The van der Waals surface area contributed by atoms with Gasteiger partial charge in [0.15, 0.2) is 0 Å². The molecular formula is C23H27N3O2. The average Bonchev–Trinajstić information content (AvgIpc) is 3.05. The van der Waals surface area contributed by atoms with Gasteiger partial charge in [-0.1, -0.05) is 18.2 Å². The Bertz CT molecular complexity index is 954. The highest BCUT2D eigenvalue weighted by molar-refractivity contribution is 5.92. The summed E-state index contributed by atoms with van der Waals surface area (Å²) >= 11 is 0. The van der Waals surface area contributed by atoms with Crippen LogP contribution in [0, 0.1) is 6.92 Å². The summed E-state index contributed by atoms with van der Waals surface area (Å²) in [5.74, 6) is 1.37. The standard InChI is InChI=1S/C23H27N3O2/c1-16-23(20-5-3-4-6-21(20)24-16)17-11-13-26(14-12-17)15-22(27)25-18-7-9-19(28-2)10-8-18/h3-10,17,24H,11-15H2,1-2H3,(H,25,27). The van der Waals surface area contributed by atoms with Gasteiger partial charge in [0.1, 0.15) is 5.75 Å². The second-order valence-corrected chi connectivity index (χ2v) is 7.54. The van der Waals surface area contributed by atoms with Crippen molar-refractivity contribution in [1.82, 2.24) is 9.88 Å². The number of amides is 1. The molecule has 0 atom stereocenters. The van der Waals surface area contributed by atoms with Crippen LogP contribution in [0.3, 0.4) is 0 Å². The van der Waals surface area contributed by atoms with Gasteiger partial charge in [0.25, 0.3) is 0 Å². The Morgan fingerprint density at radius 2 is 1.86 bits per heavy atom.